The normalized spacial score (nSPS) is 35.8. The maximum absolute atomic E-state index is 13.2. The largest absolute Gasteiger partial charge is 0.534 e. The van der Waals surface area contributed by atoms with Crippen LogP contribution in [0.2, 0.25) is 0 Å². The van der Waals surface area contributed by atoms with E-state index in [2.05, 4.69) is 14.0 Å². The molecule has 8 rings (SSSR count). The minimum Gasteiger partial charge on any atom is -0.376 e. The van der Waals surface area contributed by atoms with Gasteiger partial charge in [0.1, 0.15) is 5.75 Å². The third-order valence-corrected chi connectivity index (χ3v) is 11.7. The molecule has 5 fully saturated rings. The van der Waals surface area contributed by atoms with Gasteiger partial charge in [0.2, 0.25) is 5.95 Å². The second-order valence-corrected chi connectivity index (χ2v) is 14.5. The molecular weight excluding hydrogens is 557 g/mol. The lowest BCUT2D eigenvalue weighted by Crippen LogP contribution is -2.74. The van der Waals surface area contributed by atoms with E-state index in [1.165, 1.54) is 18.9 Å². The standard InChI is InChI=1S/C29H33F3N4O4S/c1-16-11-17(2)34-26(33-16)36-15-23-25-22(36)7-8-28(39-23)24-12-19-5-6-20(40-41(37,38)29(30,31)32)13-21(19)27(25,28)9-10-35(24)14-18-3-4-18/h5-6,11,13,18,22-25H,3-4,7-10,12,14-15H2,1-2H3/t22?,23-,24-,25?,27+,28-/m1/s1. The molecule has 1 aromatic heterocycles. The van der Waals surface area contributed by atoms with E-state index in [1.54, 1.807) is 12.1 Å². The number of piperidine rings is 1. The molecule has 4 heterocycles. The summed E-state index contributed by atoms with van der Waals surface area (Å²) in [6, 6.07) is 6.96. The van der Waals surface area contributed by atoms with Crippen molar-refractivity contribution < 1.29 is 30.5 Å². The van der Waals surface area contributed by atoms with Gasteiger partial charge < -0.3 is 13.8 Å². The van der Waals surface area contributed by atoms with Gasteiger partial charge in [-0.05, 0) is 94.2 Å². The Hall–Kier alpha value is -2.44. The summed E-state index contributed by atoms with van der Waals surface area (Å²) in [6.07, 6.45) is 5.70. The maximum atomic E-state index is 13.2. The molecule has 0 N–H and O–H groups in total. The number of alkyl halides is 3. The Labute approximate surface area is 237 Å². The molecule has 0 radical (unpaired) electrons. The summed E-state index contributed by atoms with van der Waals surface area (Å²) in [7, 11) is -5.78. The molecule has 4 bridgehead atoms. The molecule has 12 heteroatoms. The van der Waals surface area contributed by atoms with Crippen molar-refractivity contribution in [2.45, 2.75) is 87.1 Å². The summed E-state index contributed by atoms with van der Waals surface area (Å²) in [4.78, 5) is 14.4. The molecule has 0 amide bonds. The highest BCUT2D eigenvalue weighted by Gasteiger charge is 2.78. The molecule has 0 spiro atoms. The minimum absolute atomic E-state index is 0.0790. The van der Waals surface area contributed by atoms with Gasteiger partial charge in [-0.2, -0.15) is 21.6 Å². The van der Waals surface area contributed by atoms with Gasteiger partial charge in [-0.1, -0.05) is 6.07 Å². The average molecular weight is 591 g/mol. The zero-order valence-corrected chi connectivity index (χ0v) is 23.8. The summed E-state index contributed by atoms with van der Waals surface area (Å²) in [5.41, 5.74) is -2.69. The molecule has 2 unspecified atom stereocenters. The fourth-order valence-electron chi connectivity index (χ4n) is 9.30. The summed E-state index contributed by atoms with van der Waals surface area (Å²) in [6.45, 7) is 6.51. The number of anilines is 1. The van der Waals surface area contributed by atoms with E-state index >= 15 is 0 Å². The Balaban J connectivity index is 1.25. The van der Waals surface area contributed by atoms with E-state index in [0.717, 1.165) is 67.2 Å². The number of hydrogen-bond acceptors (Lipinski definition) is 8. The molecule has 3 aliphatic heterocycles. The monoisotopic (exact) mass is 590 g/mol. The average Bonchev–Trinajstić information content (AvgIpc) is 3.57. The van der Waals surface area contributed by atoms with Crippen LogP contribution in [0.15, 0.2) is 24.3 Å². The number of fused-ring (bicyclic) bond motifs is 1. The van der Waals surface area contributed by atoms with Gasteiger partial charge in [0, 0.05) is 47.9 Å². The van der Waals surface area contributed by atoms with Crippen molar-refractivity contribution in [1.29, 1.82) is 0 Å². The van der Waals surface area contributed by atoms with Crippen molar-refractivity contribution in [2.24, 2.45) is 11.8 Å². The molecule has 6 aliphatic rings. The number of aromatic nitrogens is 2. The van der Waals surface area contributed by atoms with Crippen molar-refractivity contribution in [2.75, 3.05) is 24.5 Å². The fourth-order valence-corrected chi connectivity index (χ4v) is 9.76. The van der Waals surface area contributed by atoms with Gasteiger partial charge in [-0.25, -0.2) is 9.97 Å². The van der Waals surface area contributed by atoms with Gasteiger partial charge >= 0.3 is 15.6 Å². The first-order valence-electron chi connectivity index (χ1n) is 14.6. The predicted octanol–water partition coefficient (Wildman–Crippen LogP) is 4.04. The third kappa shape index (κ3) is 3.56. The van der Waals surface area contributed by atoms with Crippen LogP contribution in [0.3, 0.4) is 0 Å². The van der Waals surface area contributed by atoms with Crippen molar-refractivity contribution in [3.8, 4) is 5.75 Å². The van der Waals surface area contributed by atoms with Crippen LogP contribution in [-0.2, 0) is 26.7 Å². The van der Waals surface area contributed by atoms with Crippen LogP contribution in [0.5, 0.6) is 5.75 Å². The van der Waals surface area contributed by atoms with Gasteiger partial charge in [0.25, 0.3) is 0 Å². The lowest BCUT2D eigenvalue weighted by atomic mass is 9.46. The summed E-state index contributed by atoms with van der Waals surface area (Å²) in [5.74, 6) is 1.20. The number of ether oxygens (including phenoxy) is 1. The van der Waals surface area contributed by atoms with Crippen molar-refractivity contribution in [3.05, 3.63) is 46.8 Å². The summed E-state index contributed by atoms with van der Waals surface area (Å²) in [5, 5.41) is 0. The van der Waals surface area contributed by atoms with Crippen LogP contribution in [0.25, 0.3) is 0 Å². The first-order chi connectivity index (χ1) is 19.4. The molecule has 41 heavy (non-hydrogen) atoms. The van der Waals surface area contributed by atoms with Crippen LogP contribution in [0, 0.1) is 25.7 Å². The highest BCUT2D eigenvalue weighted by atomic mass is 32.2. The Morgan fingerprint density at radius 3 is 2.56 bits per heavy atom. The third-order valence-electron chi connectivity index (χ3n) is 10.7. The number of hydrogen-bond donors (Lipinski definition) is 0. The first-order valence-corrected chi connectivity index (χ1v) is 16.0. The Morgan fingerprint density at radius 2 is 1.85 bits per heavy atom. The van der Waals surface area contributed by atoms with Crippen molar-refractivity contribution >= 4 is 16.1 Å². The Kier molecular flexibility index (Phi) is 5.33. The summed E-state index contributed by atoms with van der Waals surface area (Å²) >= 11 is 0. The van der Waals surface area contributed by atoms with Crippen molar-refractivity contribution in [1.82, 2.24) is 14.9 Å². The number of nitrogens with zero attached hydrogens (tertiary/aromatic N) is 4. The second-order valence-electron chi connectivity index (χ2n) is 13.0. The zero-order valence-electron chi connectivity index (χ0n) is 23.0. The van der Waals surface area contributed by atoms with Crippen molar-refractivity contribution in [3.63, 3.8) is 0 Å². The van der Waals surface area contributed by atoms with E-state index in [4.69, 9.17) is 14.7 Å². The maximum Gasteiger partial charge on any atom is 0.534 e. The Morgan fingerprint density at radius 1 is 1.10 bits per heavy atom. The van der Waals surface area contributed by atoms with E-state index in [9.17, 15) is 21.6 Å². The van der Waals surface area contributed by atoms with Crippen LogP contribution >= 0.6 is 0 Å². The quantitative estimate of drug-likeness (QED) is 0.381. The molecular formula is C29H33F3N4O4S. The predicted molar refractivity (Wildman–Crippen MR) is 143 cm³/mol. The molecule has 220 valence electrons. The molecule has 6 atom stereocenters. The molecule has 8 nitrogen and oxygen atoms in total. The number of aryl methyl sites for hydroxylation is 2. The van der Waals surface area contributed by atoms with Gasteiger partial charge in [0.15, 0.2) is 0 Å². The van der Waals surface area contributed by atoms with Gasteiger partial charge in [0.05, 0.1) is 11.7 Å². The minimum atomic E-state index is -5.78. The van der Waals surface area contributed by atoms with E-state index in [-0.39, 0.29) is 29.9 Å². The Bertz CT molecular complexity index is 1530. The van der Waals surface area contributed by atoms with Crippen LogP contribution in [0.4, 0.5) is 19.1 Å². The first kappa shape index (κ1) is 26.2. The number of halogens is 3. The van der Waals surface area contributed by atoms with Crippen LogP contribution in [-0.4, -0.2) is 72.2 Å². The number of rotatable bonds is 5. The molecule has 2 saturated carbocycles. The highest BCUT2D eigenvalue weighted by Crippen LogP contribution is 2.70. The second kappa shape index (κ2) is 8.35. The summed E-state index contributed by atoms with van der Waals surface area (Å²) < 4.78 is 75.5. The van der Waals surface area contributed by atoms with Gasteiger partial charge in [-0.15, -0.1) is 0 Å². The van der Waals surface area contributed by atoms with Crippen LogP contribution < -0.4 is 9.08 Å². The lowest BCUT2D eigenvalue weighted by molar-refractivity contribution is -0.162. The number of benzene rings is 1. The highest BCUT2D eigenvalue weighted by molar-refractivity contribution is 7.88. The molecule has 3 saturated heterocycles. The SMILES string of the molecule is Cc1cc(C)nc(N2C[C@H]3O[C@@]45CCC2C3[C@@]42CCN(CC3CC3)[C@@H]5Cc3ccc(OS(=O)(=O)C(F)(F)F)cc32)n1. The topological polar surface area (TPSA) is 84.9 Å². The molecule has 3 aliphatic carbocycles. The molecule has 2 aromatic rings. The van der Waals surface area contributed by atoms with E-state index < -0.39 is 26.6 Å². The van der Waals surface area contributed by atoms with Crippen LogP contribution in [0.1, 0.15) is 54.6 Å². The smallest absolute Gasteiger partial charge is 0.376 e. The number of likely N-dealkylation sites (tertiary alicyclic amines) is 1. The van der Waals surface area contributed by atoms with Gasteiger partial charge in [-0.3, -0.25) is 4.90 Å². The van der Waals surface area contributed by atoms with E-state index in [0.29, 0.717) is 12.5 Å². The molecule has 1 aromatic carbocycles. The van der Waals surface area contributed by atoms with E-state index in [1.807, 2.05) is 19.9 Å². The fraction of sp³-hybridized carbons (Fsp3) is 0.655. The lowest BCUT2D eigenvalue weighted by Gasteiger charge is -2.64. The zero-order chi connectivity index (χ0) is 28.5.